The molecule has 0 aliphatic carbocycles. The molecule has 62 valence electrons. The van der Waals surface area contributed by atoms with Crippen molar-refractivity contribution in [3.05, 3.63) is 0 Å². The summed E-state index contributed by atoms with van der Waals surface area (Å²) in [5, 5.41) is 0. The normalized spacial score (nSPS) is 14.1. The summed E-state index contributed by atoms with van der Waals surface area (Å²) in [6.45, 7) is 6.52. The minimum atomic E-state index is 0.397. The van der Waals surface area contributed by atoms with Crippen LogP contribution in [0.1, 0.15) is 20.3 Å². The number of methoxy groups -OCH3 is 1. The monoisotopic (exact) mass is 145 g/mol. The molecule has 0 bridgehead atoms. The summed E-state index contributed by atoms with van der Waals surface area (Å²) in [6, 6.07) is 0. The minimum absolute atomic E-state index is 0.397. The van der Waals surface area contributed by atoms with Gasteiger partial charge in [0, 0.05) is 13.7 Å². The average molecular weight is 145 g/mol. The molecule has 0 aromatic rings. The molecule has 0 amide bonds. The van der Waals surface area contributed by atoms with E-state index in [0.717, 1.165) is 19.5 Å². The maximum Gasteiger partial charge on any atom is 0.0555 e. The molecule has 2 nitrogen and oxygen atoms in total. The number of nitrogens with zero attached hydrogens (tertiary/aromatic N) is 1. The van der Waals surface area contributed by atoms with Crippen LogP contribution in [0.15, 0.2) is 0 Å². The van der Waals surface area contributed by atoms with Gasteiger partial charge in [-0.05, 0) is 26.9 Å². The SMILES string of the molecule is CCN(C)CCC(C)OC. The maximum absolute atomic E-state index is 5.12. The van der Waals surface area contributed by atoms with Gasteiger partial charge >= 0.3 is 0 Å². The Morgan fingerprint density at radius 2 is 2.10 bits per heavy atom. The van der Waals surface area contributed by atoms with E-state index in [0.29, 0.717) is 6.10 Å². The molecule has 0 aromatic carbocycles. The third kappa shape index (κ3) is 4.77. The topological polar surface area (TPSA) is 12.5 Å². The van der Waals surface area contributed by atoms with Crippen LogP contribution >= 0.6 is 0 Å². The summed E-state index contributed by atoms with van der Waals surface area (Å²) in [7, 11) is 3.89. The molecule has 0 spiro atoms. The van der Waals surface area contributed by atoms with Crippen molar-refractivity contribution in [1.29, 1.82) is 0 Å². The first-order chi connectivity index (χ1) is 4.70. The Morgan fingerprint density at radius 3 is 2.50 bits per heavy atom. The smallest absolute Gasteiger partial charge is 0.0555 e. The highest BCUT2D eigenvalue weighted by Gasteiger charge is 2.00. The Labute approximate surface area is 64.2 Å². The number of ether oxygens (including phenoxy) is 1. The largest absolute Gasteiger partial charge is 0.382 e. The highest BCUT2D eigenvalue weighted by atomic mass is 16.5. The van der Waals surface area contributed by atoms with Crippen LogP contribution < -0.4 is 0 Å². The molecular formula is C8H19NO. The van der Waals surface area contributed by atoms with Gasteiger partial charge in [0.15, 0.2) is 0 Å². The lowest BCUT2D eigenvalue weighted by atomic mass is 10.3. The van der Waals surface area contributed by atoms with Crippen molar-refractivity contribution in [2.24, 2.45) is 0 Å². The molecule has 0 heterocycles. The van der Waals surface area contributed by atoms with Crippen molar-refractivity contribution in [3.63, 3.8) is 0 Å². The van der Waals surface area contributed by atoms with Crippen molar-refractivity contribution in [1.82, 2.24) is 4.90 Å². The predicted molar refractivity (Wildman–Crippen MR) is 44.3 cm³/mol. The minimum Gasteiger partial charge on any atom is -0.382 e. The van der Waals surface area contributed by atoms with Gasteiger partial charge in [0.25, 0.3) is 0 Å². The molecule has 0 N–H and O–H groups in total. The Bertz CT molecular complexity index is 65.7. The average Bonchev–Trinajstić information content (AvgIpc) is 1.99. The summed E-state index contributed by atoms with van der Waals surface area (Å²) in [5.74, 6) is 0. The van der Waals surface area contributed by atoms with Crippen molar-refractivity contribution < 1.29 is 4.74 Å². The Hall–Kier alpha value is -0.0800. The predicted octanol–water partition coefficient (Wildman–Crippen LogP) is 1.36. The second-order valence-electron chi connectivity index (χ2n) is 2.73. The van der Waals surface area contributed by atoms with Crippen LogP contribution in [-0.2, 0) is 4.74 Å². The summed E-state index contributed by atoms with van der Waals surface area (Å²) in [4.78, 5) is 2.29. The van der Waals surface area contributed by atoms with E-state index in [1.165, 1.54) is 0 Å². The quantitative estimate of drug-likeness (QED) is 0.579. The molecule has 0 rings (SSSR count). The zero-order valence-corrected chi connectivity index (χ0v) is 7.55. The zero-order valence-electron chi connectivity index (χ0n) is 7.55. The third-order valence-corrected chi connectivity index (χ3v) is 1.86. The molecule has 0 aromatic heterocycles. The molecule has 0 saturated heterocycles. The summed E-state index contributed by atoms with van der Waals surface area (Å²) < 4.78 is 5.12. The van der Waals surface area contributed by atoms with Crippen molar-refractivity contribution in [2.45, 2.75) is 26.4 Å². The molecule has 10 heavy (non-hydrogen) atoms. The van der Waals surface area contributed by atoms with Crippen LogP contribution in [0.25, 0.3) is 0 Å². The van der Waals surface area contributed by atoms with Crippen LogP contribution in [0.4, 0.5) is 0 Å². The van der Waals surface area contributed by atoms with Gasteiger partial charge in [0.05, 0.1) is 6.10 Å². The van der Waals surface area contributed by atoms with Crippen LogP contribution in [0.5, 0.6) is 0 Å². The highest BCUT2D eigenvalue weighted by molar-refractivity contribution is 4.53. The summed E-state index contributed by atoms with van der Waals surface area (Å²) in [6.07, 6.45) is 1.52. The third-order valence-electron chi connectivity index (χ3n) is 1.86. The molecular weight excluding hydrogens is 126 g/mol. The van der Waals surface area contributed by atoms with Crippen LogP contribution in [0.2, 0.25) is 0 Å². The fraction of sp³-hybridized carbons (Fsp3) is 1.00. The van der Waals surface area contributed by atoms with Gasteiger partial charge in [0.2, 0.25) is 0 Å². The Kier molecular flexibility index (Phi) is 5.64. The van der Waals surface area contributed by atoms with E-state index in [1.807, 2.05) is 0 Å². The van der Waals surface area contributed by atoms with E-state index in [4.69, 9.17) is 4.74 Å². The Morgan fingerprint density at radius 1 is 1.50 bits per heavy atom. The second-order valence-corrected chi connectivity index (χ2v) is 2.73. The maximum atomic E-state index is 5.12. The van der Waals surface area contributed by atoms with Crippen LogP contribution in [0, 0.1) is 0 Å². The van der Waals surface area contributed by atoms with Gasteiger partial charge in [-0.2, -0.15) is 0 Å². The fourth-order valence-electron chi connectivity index (χ4n) is 0.678. The van der Waals surface area contributed by atoms with Gasteiger partial charge in [-0.25, -0.2) is 0 Å². The van der Waals surface area contributed by atoms with Crippen LogP contribution in [-0.4, -0.2) is 38.3 Å². The van der Waals surface area contributed by atoms with E-state index < -0.39 is 0 Å². The second kappa shape index (κ2) is 5.69. The van der Waals surface area contributed by atoms with E-state index in [2.05, 4.69) is 25.8 Å². The first-order valence-corrected chi connectivity index (χ1v) is 3.92. The highest BCUT2D eigenvalue weighted by Crippen LogP contribution is 1.96. The summed E-state index contributed by atoms with van der Waals surface area (Å²) >= 11 is 0. The zero-order chi connectivity index (χ0) is 7.98. The number of hydrogen-bond donors (Lipinski definition) is 0. The lowest BCUT2D eigenvalue weighted by Gasteiger charge is -2.16. The molecule has 0 fully saturated rings. The standard InChI is InChI=1S/C8H19NO/c1-5-9(3)7-6-8(2)10-4/h8H,5-7H2,1-4H3. The van der Waals surface area contributed by atoms with E-state index in [9.17, 15) is 0 Å². The van der Waals surface area contributed by atoms with Crippen molar-refractivity contribution >= 4 is 0 Å². The lowest BCUT2D eigenvalue weighted by Crippen LogP contribution is -2.22. The lowest BCUT2D eigenvalue weighted by molar-refractivity contribution is 0.101. The fourth-order valence-corrected chi connectivity index (χ4v) is 0.678. The molecule has 0 aliphatic rings. The first kappa shape index (κ1) is 9.92. The molecule has 0 radical (unpaired) electrons. The summed E-state index contributed by atoms with van der Waals surface area (Å²) in [5.41, 5.74) is 0. The molecule has 1 unspecified atom stereocenters. The van der Waals surface area contributed by atoms with E-state index >= 15 is 0 Å². The van der Waals surface area contributed by atoms with Gasteiger partial charge < -0.3 is 9.64 Å². The van der Waals surface area contributed by atoms with Gasteiger partial charge in [-0.15, -0.1) is 0 Å². The molecule has 2 heteroatoms. The van der Waals surface area contributed by atoms with Gasteiger partial charge in [0.1, 0.15) is 0 Å². The van der Waals surface area contributed by atoms with Crippen LogP contribution in [0.3, 0.4) is 0 Å². The van der Waals surface area contributed by atoms with Crippen molar-refractivity contribution in [3.8, 4) is 0 Å². The Balaban J connectivity index is 3.17. The number of hydrogen-bond acceptors (Lipinski definition) is 2. The molecule has 1 atom stereocenters. The molecule has 0 aliphatic heterocycles. The van der Waals surface area contributed by atoms with E-state index in [1.54, 1.807) is 7.11 Å². The number of rotatable bonds is 5. The van der Waals surface area contributed by atoms with Gasteiger partial charge in [-0.3, -0.25) is 0 Å². The van der Waals surface area contributed by atoms with E-state index in [-0.39, 0.29) is 0 Å². The van der Waals surface area contributed by atoms with Crippen molar-refractivity contribution in [2.75, 3.05) is 27.2 Å². The first-order valence-electron chi connectivity index (χ1n) is 3.92. The molecule has 0 saturated carbocycles. The van der Waals surface area contributed by atoms with Gasteiger partial charge in [-0.1, -0.05) is 6.92 Å².